The number of hydrogen-bond acceptors (Lipinski definition) is 2. The van der Waals surface area contributed by atoms with Crippen molar-refractivity contribution in [1.82, 2.24) is 10.2 Å². The molecule has 0 amide bonds. The Morgan fingerprint density at radius 1 is 1.33 bits per heavy atom. The first-order valence-corrected chi connectivity index (χ1v) is 6.89. The van der Waals surface area contributed by atoms with Gasteiger partial charge in [-0.2, -0.15) is 0 Å². The second-order valence-corrected chi connectivity index (χ2v) is 5.09. The zero-order valence-electron chi connectivity index (χ0n) is 11.1. The summed E-state index contributed by atoms with van der Waals surface area (Å²) in [5.74, 6) is 0. The third-order valence-corrected chi connectivity index (χ3v) is 3.77. The van der Waals surface area contributed by atoms with Crippen LogP contribution in [-0.2, 0) is 0 Å². The Balaban J connectivity index is 2.03. The highest BCUT2D eigenvalue weighted by Gasteiger charge is 2.23. The Labute approximate surface area is 109 Å². The van der Waals surface area contributed by atoms with Crippen LogP contribution in [0.3, 0.4) is 0 Å². The smallest absolute Gasteiger partial charge is 0.0906 e. The van der Waals surface area contributed by atoms with Gasteiger partial charge in [0, 0.05) is 25.2 Å². The maximum absolute atomic E-state index is 12.4. The summed E-state index contributed by atoms with van der Waals surface area (Å²) >= 11 is 0. The molecule has 0 aromatic heterocycles. The summed E-state index contributed by atoms with van der Waals surface area (Å²) in [5, 5.41) is 3.60. The molecule has 2 nitrogen and oxygen atoms in total. The summed E-state index contributed by atoms with van der Waals surface area (Å²) < 4.78 is 12.4. The van der Waals surface area contributed by atoms with E-state index in [1.54, 1.807) is 0 Å². The highest BCUT2D eigenvalue weighted by Crippen LogP contribution is 2.19. The molecular weight excluding hydrogens is 227 g/mol. The van der Waals surface area contributed by atoms with Gasteiger partial charge in [-0.1, -0.05) is 30.3 Å². The van der Waals surface area contributed by atoms with Crippen LogP contribution in [0.1, 0.15) is 31.4 Å². The van der Waals surface area contributed by atoms with Crippen molar-refractivity contribution >= 4 is 0 Å². The van der Waals surface area contributed by atoms with Crippen molar-refractivity contribution in [3.8, 4) is 0 Å². The standard InChI is InChI=1S/C15H23FN2/c1-13-8-10-17-15(12-18(13)11-5-9-16)14-6-3-2-4-7-14/h2-4,6-7,13,15,17H,5,8-12H2,1H3. The molecule has 1 saturated heterocycles. The Hall–Kier alpha value is -0.930. The molecule has 0 saturated carbocycles. The van der Waals surface area contributed by atoms with Gasteiger partial charge < -0.3 is 5.32 Å². The van der Waals surface area contributed by atoms with Crippen molar-refractivity contribution in [2.24, 2.45) is 0 Å². The zero-order valence-corrected chi connectivity index (χ0v) is 11.1. The molecule has 2 atom stereocenters. The van der Waals surface area contributed by atoms with E-state index in [1.807, 2.05) is 6.07 Å². The van der Waals surface area contributed by atoms with Gasteiger partial charge in [0.15, 0.2) is 0 Å². The quantitative estimate of drug-likeness (QED) is 0.884. The van der Waals surface area contributed by atoms with E-state index in [-0.39, 0.29) is 6.67 Å². The lowest BCUT2D eigenvalue weighted by atomic mass is 10.1. The van der Waals surface area contributed by atoms with Gasteiger partial charge in [-0.05, 0) is 31.9 Å². The number of hydrogen-bond donors (Lipinski definition) is 1. The highest BCUT2D eigenvalue weighted by atomic mass is 19.1. The molecule has 3 heteroatoms. The maximum Gasteiger partial charge on any atom is 0.0906 e. The first kappa shape index (κ1) is 13.5. The lowest BCUT2D eigenvalue weighted by Crippen LogP contribution is -2.36. The van der Waals surface area contributed by atoms with Crippen LogP contribution in [0.25, 0.3) is 0 Å². The van der Waals surface area contributed by atoms with Gasteiger partial charge in [0.05, 0.1) is 6.67 Å². The Morgan fingerprint density at radius 2 is 2.11 bits per heavy atom. The normalized spacial score (nSPS) is 25.9. The van der Waals surface area contributed by atoms with E-state index in [4.69, 9.17) is 0 Å². The van der Waals surface area contributed by atoms with Crippen LogP contribution in [0.2, 0.25) is 0 Å². The fourth-order valence-electron chi connectivity index (χ4n) is 2.61. The van der Waals surface area contributed by atoms with E-state index in [1.165, 1.54) is 5.56 Å². The minimum absolute atomic E-state index is 0.216. The first-order chi connectivity index (χ1) is 8.81. The van der Waals surface area contributed by atoms with Crippen molar-refractivity contribution in [3.63, 3.8) is 0 Å². The number of rotatable bonds is 4. The molecule has 1 aliphatic heterocycles. The van der Waals surface area contributed by atoms with Gasteiger partial charge in [-0.3, -0.25) is 9.29 Å². The van der Waals surface area contributed by atoms with Crippen LogP contribution in [0, 0.1) is 0 Å². The molecule has 1 fully saturated rings. The SMILES string of the molecule is CC1CCNC(c2ccccc2)CN1CCCF. The third kappa shape index (κ3) is 3.53. The number of alkyl halides is 1. The van der Waals surface area contributed by atoms with E-state index in [2.05, 4.69) is 41.4 Å². The van der Waals surface area contributed by atoms with Crippen LogP contribution < -0.4 is 5.32 Å². The van der Waals surface area contributed by atoms with Crippen molar-refractivity contribution in [1.29, 1.82) is 0 Å². The van der Waals surface area contributed by atoms with Gasteiger partial charge in [0.2, 0.25) is 0 Å². The van der Waals surface area contributed by atoms with Crippen LogP contribution >= 0.6 is 0 Å². The molecule has 0 bridgehead atoms. The van der Waals surface area contributed by atoms with Crippen LogP contribution in [-0.4, -0.2) is 37.3 Å². The molecule has 1 aromatic carbocycles. The highest BCUT2D eigenvalue weighted by molar-refractivity contribution is 5.19. The molecule has 2 unspecified atom stereocenters. The molecule has 18 heavy (non-hydrogen) atoms. The van der Waals surface area contributed by atoms with E-state index >= 15 is 0 Å². The number of nitrogens with zero attached hydrogens (tertiary/aromatic N) is 1. The summed E-state index contributed by atoms with van der Waals surface area (Å²) in [6, 6.07) is 11.5. The topological polar surface area (TPSA) is 15.3 Å². The van der Waals surface area contributed by atoms with Crippen molar-refractivity contribution in [3.05, 3.63) is 35.9 Å². The Morgan fingerprint density at radius 3 is 2.83 bits per heavy atom. The van der Waals surface area contributed by atoms with Gasteiger partial charge in [-0.15, -0.1) is 0 Å². The summed E-state index contributed by atoms with van der Waals surface area (Å²) in [6.45, 7) is 4.90. The number of benzene rings is 1. The van der Waals surface area contributed by atoms with E-state index < -0.39 is 0 Å². The minimum Gasteiger partial charge on any atom is -0.309 e. The molecule has 0 aliphatic carbocycles. The summed E-state index contributed by atoms with van der Waals surface area (Å²) in [7, 11) is 0. The van der Waals surface area contributed by atoms with Crippen molar-refractivity contribution in [2.45, 2.75) is 31.8 Å². The lowest BCUT2D eigenvalue weighted by molar-refractivity contribution is 0.196. The third-order valence-electron chi connectivity index (χ3n) is 3.77. The summed E-state index contributed by atoms with van der Waals surface area (Å²) in [5.41, 5.74) is 1.33. The largest absolute Gasteiger partial charge is 0.309 e. The maximum atomic E-state index is 12.4. The fraction of sp³-hybridized carbons (Fsp3) is 0.600. The average molecular weight is 250 g/mol. The molecular formula is C15H23FN2. The lowest BCUT2D eigenvalue weighted by Gasteiger charge is -2.28. The second kappa shape index (κ2) is 6.86. The molecule has 0 radical (unpaired) electrons. The Kier molecular flexibility index (Phi) is 5.14. The van der Waals surface area contributed by atoms with E-state index in [0.29, 0.717) is 18.5 Å². The van der Waals surface area contributed by atoms with Gasteiger partial charge in [0.25, 0.3) is 0 Å². The van der Waals surface area contributed by atoms with Gasteiger partial charge in [0.1, 0.15) is 0 Å². The van der Waals surface area contributed by atoms with E-state index in [9.17, 15) is 4.39 Å². The van der Waals surface area contributed by atoms with Crippen LogP contribution in [0.5, 0.6) is 0 Å². The predicted octanol–water partition coefficient (Wildman–Crippen LogP) is 2.77. The molecule has 1 aromatic rings. The number of halogens is 1. The van der Waals surface area contributed by atoms with Crippen molar-refractivity contribution < 1.29 is 4.39 Å². The van der Waals surface area contributed by atoms with Gasteiger partial charge in [-0.25, -0.2) is 0 Å². The summed E-state index contributed by atoms with van der Waals surface area (Å²) in [6.07, 6.45) is 1.78. The van der Waals surface area contributed by atoms with Gasteiger partial charge >= 0.3 is 0 Å². The first-order valence-electron chi connectivity index (χ1n) is 6.89. The average Bonchev–Trinajstić information content (AvgIpc) is 2.60. The Bertz CT molecular complexity index is 342. The van der Waals surface area contributed by atoms with Crippen molar-refractivity contribution in [2.75, 3.05) is 26.3 Å². The molecule has 1 aliphatic rings. The predicted molar refractivity (Wildman–Crippen MR) is 73.4 cm³/mol. The molecule has 1 heterocycles. The summed E-state index contributed by atoms with van der Waals surface area (Å²) in [4.78, 5) is 2.41. The fourth-order valence-corrected chi connectivity index (χ4v) is 2.61. The number of nitrogens with one attached hydrogen (secondary N) is 1. The van der Waals surface area contributed by atoms with Crippen LogP contribution in [0.4, 0.5) is 4.39 Å². The molecule has 100 valence electrons. The molecule has 1 N–H and O–H groups in total. The van der Waals surface area contributed by atoms with E-state index in [0.717, 1.165) is 26.1 Å². The zero-order chi connectivity index (χ0) is 12.8. The van der Waals surface area contributed by atoms with Crippen LogP contribution in [0.15, 0.2) is 30.3 Å². The second-order valence-electron chi connectivity index (χ2n) is 5.09. The molecule has 2 rings (SSSR count). The monoisotopic (exact) mass is 250 g/mol. The minimum atomic E-state index is -0.216. The molecule has 0 spiro atoms.